The molecule has 7 heteroatoms. The van der Waals surface area contributed by atoms with E-state index < -0.39 is 0 Å². The van der Waals surface area contributed by atoms with Gasteiger partial charge in [0.2, 0.25) is 0 Å². The second-order valence-corrected chi connectivity index (χ2v) is 5.78. The first-order valence-electron chi connectivity index (χ1n) is 6.46. The molecular weight excluding hydrogens is 286 g/mol. The van der Waals surface area contributed by atoms with E-state index in [0.29, 0.717) is 12.2 Å². The molecule has 0 aliphatic rings. The summed E-state index contributed by atoms with van der Waals surface area (Å²) in [6.07, 6.45) is 3.65. The average molecular weight is 301 g/mol. The van der Waals surface area contributed by atoms with Gasteiger partial charge in [0.05, 0.1) is 16.8 Å². The van der Waals surface area contributed by atoms with Crippen molar-refractivity contribution in [3.63, 3.8) is 0 Å². The molecule has 0 bridgehead atoms. The lowest BCUT2D eigenvalue weighted by molar-refractivity contribution is 0.0779. The minimum atomic E-state index is -0.113. The highest BCUT2D eigenvalue weighted by molar-refractivity contribution is 7.13. The first-order chi connectivity index (χ1) is 10.1. The molecule has 0 unspecified atom stereocenters. The Balaban J connectivity index is 1.72. The molecule has 1 N–H and O–H groups in total. The number of carbonyl (C=O) groups is 1. The molecule has 6 nitrogen and oxygen atoms in total. The van der Waals surface area contributed by atoms with Crippen molar-refractivity contribution in [2.75, 3.05) is 7.05 Å². The van der Waals surface area contributed by atoms with Gasteiger partial charge in [0.1, 0.15) is 0 Å². The highest BCUT2D eigenvalue weighted by Gasteiger charge is 2.16. The van der Waals surface area contributed by atoms with Gasteiger partial charge in [-0.25, -0.2) is 0 Å². The van der Waals surface area contributed by atoms with E-state index in [9.17, 15) is 4.79 Å². The summed E-state index contributed by atoms with van der Waals surface area (Å²) in [5.74, 6) is -0.113. The maximum absolute atomic E-state index is 12.4. The number of hydrogen-bond acceptors (Lipinski definition) is 4. The van der Waals surface area contributed by atoms with Crippen molar-refractivity contribution in [3.8, 4) is 10.6 Å². The molecular formula is C14H15N5OS. The number of aromatic nitrogens is 4. The van der Waals surface area contributed by atoms with E-state index in [0.717, 1.165) is 16.1 Å². The number of hydrogen-bond donors (Lipinski definition) is 1. The van der Waals surface area contributed by atoms with Crippen LogP contribution in [0, 0.1) is 0 Å². The van der Waals surface area contributed by atoms with Crippen LogP contribution in [0.2, 0.25) is 0 Å². The number of amides is 1. The van der Waals surface area contributed by atoms with Crippen LogP contribution in [0.4, 0.5) is 0 Å². The second kappa shape index (κ2) is 5.53. The number of H-pyrrole nitrogens is 1. The minimum absolute atomic E-state index is 0.113. The van der Waals surface area contributed by atoms with Crippen molar-refractivity contribution >= 4 is 17.2 Å². The van der Waals surface area contributed by atoms with E-state index >= 15 is 0 Å². The Labute approximate surface area is 126 Å². The lowest BCUT2D eigenvalue weighted by atomic mass is 10.2. The van der Waals surface area contributed by atoms with Crippen molar-refractivity contribution in [2.45, 2.75) is 6.54 Å². The molecule has 1 amide bonds. The highest BCUT2D eigenvalue weighted by atomic mass is 32.1. The number of rotatable bonds is 4. The molecule has 0 saturated carbocycles. The van der Waals surface area contributed by atoms with Crippen molar-refractivity contribution in [3.05, 3.63) is 47.2 Å². The van der Waals surface area contributed by atoms with Crippen LogP contribution in [0.3, 0.4) is 0 Å². The molecule has 108 valence electrons. The second-order valence-electron chi connectivity index (χ2n) is 4.83. The van der Waals surface area contributed by atoms with Gasteiger partial charge in [-0.2, -0.15) is 10.2 Å². The standard InChI is InChI=1S/C14H15N5OS/c1-18(8-10-7-15-19(2)9-10)14(20)12-6-11(16-17-12)13-4-3-5-21-13/h3-7,9H,8H2,1-2H3,(H,16,17). The predicted molar refractivity (Wildman–Crippen MR) is 80.9 cm³/mol. The number of nitrogens with one attached hydrogen (secondary N) is 1. The fourth-order valence-corrected chi connectivity index (χ4v) is 2.78. The molecule has 3 heterocycles. The van der Waals surface area contributed by atoms with Gasteiger partial charge in [0, 0.05) is 32.4 Å². The van der Waals surface area contributed by atoms with Gasteiger partial charge in [-0.05, 0) is 17.5 Å². The van der Waals surface area contributed by atoms with Crippen molar-refractivity contribution < 1.29 is 4.79 Å². The quantitative estimate of drug-likeness (QED) is 0.803. The number of nitrogens with zero attached hydrogens (tertiary/aromatic N) is 4. The monoisotopic (exact) mass is 301 g/mol. The number of aryl methyl sites for hydroxylation is 1. The van der Waals surface area contributed by atoms with Gasteiger partial charge in [-0.1, -0.05) is 6.07 Å². The minimum Gasteiger partial charge on any atom is -0.336 e. The summed E-state index contributed by atoms with van der Waals surface area (Å²) < 4.78 is 1.72. The normalized spacial score (nSPS) is 10.8. The van der Waals surface area contributed by atoms with Crippen LogP contribution >= 0.6 is 11.3 Å². The summed E-state index contributed by atoms with van der Waals surface area (Å²) in [6.45, 7) is 0.508. The van der Waals surface area contributed by atoms with Gasteiger partial charge in [-0.15, -0.1) is 11.3 Å². The largest absolute Gasteiger partial charge is 0.336 e. The Kier molecular flexibility index (Phi) is 3.57. The predicted octanol–water partition coefficient (Wildman–Crippen LogP) is 2.14. The Morgan fingerprint density at radius 3 is 3.05 bits per heavy atom. The summed E-state index contributed by atoms with van der Waals surface area (Å²) >= 11 is 1.61. The molecule has 0 radical (unpaired) electrons. The molecule has 0 aliphatic heterocycles. The Morgan fingerprint density at radius 1 is 1.52 bits per heavy atom. The van der Waals surface area contributed by atoms with E-state index in [4.69, 9.17) is 0 Å². The molecule has 0 aromatic carbocycles. The third kappa shape index (κ3) is 2.87. The zero-order valence-corrected chi connectivity index (χ0v) is 12.6. The summed E-state index contributed by atoms with van der Waals surface area (Å²) in [6, 6.07) is 5.75. The van der Waals surface area contributed by atoms with E-state index in [-0.39, 0.29) is 5.91 Å². The van der Waals surface area contributed by atoms with Gasteiger partial charge in [0.15, 0.2) is 5.69 Å². The third-order valence-electron chi connectivity index (χ3n) is 3.11. The van der Waals surface area contributed by atoms with Gasteiger partial charge in [0.25, 0.3) is 5.91 Å². The van der Waals surface area contributed by atoms with Crippen LogP contribution in [0.15, 0.2) is 36.0 Å². The Bertz CT molecular complexity index is 743. The van der Waals surface area contributed by atoms with Crippen LogP contribution in [0.25, 0.3) is 10.6 Å². The molecule has 0 spiro atoms. The molecule has 3 aromatic heterocycles. The smallest absolute Gasteiger partial charge is 0.274 e. The fourth-order valence-electron chi connectivity index (χ4n) is 2.08. The number of thiophene rings is 1. The highest BCUT2D eigenvalue weighted by Crippen LogP contribution is 2.23. The van der Waals surface area contributed by atoms with Crippen molar-refractivity contribution in [1.29, 1.82) is 0 Å². The molecule has 0 atom stereocenters. The summed E-state index contributed by atoms with van der Waals surface area (Å²) in [5, 5.41) is 13.1. The molecule has 0 saturated heterocycles. The van der Waals surface area contributed by atoms with Gasteiger partial charge in [-0.3, -0.25) is 14.6 Å². The lowest BCUT2D eigenvalue weighted by Gasteiger charge is -2.14. The Morgan fingerprint density at radius 2 is 2.38 bits per heavy atom. The van der Waals surface area contributed by atoms with Crippen LogP contribution < -0.4 is 0 Å². The van der Waals surface area contributed by atoms with E-state index in [1.807, 2.05) is 30.8 Å². The summed E-state index contributed by atoms with van der Waals surface area (Å²) in [5.41, 5.74) is 2.27. The van der Waals surface area contributed by atoms with E-state index in [1.165, 1.54) is 0 Å². The molecule has 21 heavy (non-hydrogen) atoms. The van der Waals surface area contributed by atoms with Gasteiger partial charge >= 0.3 is 0 Å². The van der Waals surface area contributed by atoms with Crippen LogP contribution in [-0.2, 0) is 13.6 Å². The summed E-state index contributed by atoms with van der Waals surface area (Å²) in [7, 11) is 3.61. The lowest BCUT2D eigenvalue weighted by Crippen LogP contribution is -2.26. The van der Waals surface area contributed by atoms with E-state index in [1.54, 1.807) is 40.2 Å². The van der Waals surface area contributed by atoms with Crippen molar-refractivity contribution in [2.24, 2.45) is 7.05 Å². The number of carbonyl (C=O) groups excluding carboxylic acids is 1. The first kappa shape index (κ1) is 13.6. The number of aromatic amines is 1. The third-order valence-corrected chi connectivity index (χ3v) is 4.01. The first-order valence-corrected chi connectivity index (χ1v) is 7.34. The fraction of sp³-hybridized carbons (Fsp3) is 0.214. The zero-order chi connectivity index (χ0) is 14.8. The van der Waals surface area contributed by atoms with Gasteiger partial charge < -0.3 is 4.90 Å². The Hall–Kier alpha value is -2.41. The molecule has 3 rings (SSSR count). The topological polar surface area (TPSA) is 66.8 Å². The van der Waals surface area contributed by atoms with Crippen molar-refractivity contribution in [1.82, 2.24) is 24.9 Å². The van der Waals surface area contributed by atoms with Crippen LogP contribution in [-0.4, -0.2) is 37.8 Å². The molecule has 0 fully saturated rings. The van der Waals surface area contributed by atoms with E-state index in [2.05, 4.69) is 15.3 Å². The molecule has 3 aromatic rings. The molecule has 0 aliphatic carbocycles. The zero-order valence-electron chi connectivity index (χ0n) is 11.8. The van der Waals surface area contributed by atoms with Crippen LogP contribution in [0.1, 0.15) is 16.1 Å². The average Bonchev–Trinajstić information content (AvgIpc) is 3.18. The SMILES string of the molecule is CN(Cc1cnn(C)c1)C(=O)c1cc(-c2cccs2)[nH]n1. The van der Waals surface area contributed by atoms with Crippen LogP contribution in [0.5, 0.6) is 0 Å². The maximum Gasteiger partial charge on any atom is 0.274 e. The maximum atomic E-state index is 12.4. The summed E-state index contributed by atoms with van der Waals surface area (Å²) in [4.78, 5) is 15.1.